The quantitative estimate of drug-likeness (QED) is 0.746. The third-order valence-corrected chi connectivity index (χ3v) is 9.29. The highest BCUT2D eigenvalue weighted by molar-refractivity contribution is 7.89. The van der Waals surface area contributed by atoms with Gasteiger partial charge in [0.05, 0.1) is 10.5 Å². The fourth-order valence-corrected chi connectivity index (χ4v) is 6.71. The van der Waals surface area contributed by atoms with Crippen LogP contribution in [0.5, 0.6) is 0 Å². The van der Waals surface area contributed by atoms with Crippen molar-refractivity contribution in [3.8, 4) is 0 Å². The van der Waals surface area contributed by atoms with Gasteiger partial charge in [0, 0.05) is 38.9 Å². The molecular weight excluding hydrogens is 398 g/mol. The Balaban J connectivity index is 1.61. The van der Waals surface area contributed by atoms with Crippen LogP contribution in [0.2, 0.25) is 0 Å². The average molecular weight is 434 g/mol. The van der Waals surface area contributed by atoms with Crippen molar-refractivity contribution in [1.29, 1.82) is 0 Å². The van der Waals surface area contributed by atoms with E-state index in [2.05, 4.69) is 17.1 Å². The molecule has 1 N–H and O–H groups in total. The molecule has 7 heteroatoms. The molecule has 3 fully saturated rings. The van der Waals surface area contributed by atoms with E-state index in [0.29, 0.717) is 11.5 Å². The van der Waals surface area contributed by atoms with Gasteiger partial charge in [-0.3, -0.25) is 4.79 Å². The van der Waals surface area contributed by atoms with Crippen molar-refractivity contribution < 1.29 is 13.2 Å². The monoisotopic (exact) mass is 433 g/mol. The Bertz CT molecular complexity index is 893. The average Bonchev–Trinajstić information content (AvgIpc) is 3.37. The minimum absolute atomic E-state index is 0.108. The predicted molar refractivity (Wildman–Crippen MR) is 119 cm³/mol. The number of nitrogens with one attached hydrogen (secondary N) is 1. The van der Waals surface area contributed by atoms with Crippen molar-refractivity contribution >= 4 is 21.6 Å². The molecule has 1 saturated heterocycles. The van der Waals surface area contributed by atoms with Gasteiger partial charge in [0.2, 0.25) is 10.0 Å². The van der Waals surface area contributed by atoms with Crippen LogP contribution in [0.25, 0.3) is 0 Å². The first-order chi connectivity index (χ1) is 14.3. The zero-order valence-corrected chi connectivity index (χ0v) is 19.2. The van der Waals surface area contributed by atoms with Crippen LogP contribution in [0, 0.1) is 17.8 Å². The number of anilines is 1. The third-order valence-electron chi connectivity index (χ3n) is 7.48. The largest absolute Gasteiger partial charge is 0.371 e. The number of hydrogen-bond acceptors (Lipinski definition) is 4. The van der Waals surface area contributed by atoms with Crippen molar-refractivity contribution in [2.75, 3.05) is 32.1 Å². The van der Waals surface area contributed by atoms with Crippen LogP contribution in [0.1, 0.15) is 62.2 Å². The van der Waals surface area contributed by atoms with Crippen LogP contribution in [-0.2, 0) is 10.0 Å². The van der Waals surface area contributed by atoms with E-state index in [1.807, 2.05) is 6.07 Å². The van der Waals surface area contributed by atoms with E-state index in [-0.39, 0.29) is 16.8 Å². The molecule has 30 heavy (non-hydrogen) atoms. The lowest BCUT2D eigenvalue weighted by atomic mass is 9.84. The molecule has 1 aliphatic heterocycles. The summed E-state index contributed by atoms with van der Waals surface area (Å²) < 4.78 is 26.6. The summed E-state index contributed by atoms with van der Waals surface area (Å²) in [4.78, 5) is 15.8. The zero-order chi connectivity index (χ0) is 21.5. The first-order valence-electron chi connectivity index (χ1n) is 11.4. The van der Waals surface area contributed by atoms with Crippen LogP contribution in [0.3, 0.4) is 0 Å². The number of piperidine rings is 1. The van der Waals surface area contributed by atoms with E-state index in [0.717, 1.165) is 43.5 Å². The number of fused-ring (bicyclic) bond motifs is 2. The second-order valence-electron chi connectivity index (χ2n) is 9.61. The van der Waals surface area contributed by atoms with Gasteiger partial charge in [0.25, 0.3) is 5.91 Å². The van der Waals surface area contributed by atoms with Crippen LogP contribution in [0.4, 0.5) is 5.69 Å². The highest BCUT2D eigenvalue weighted by atomic mass is 32.2. The second-order valence-corrected chi connectivity index (χ2v) is 11.8. The number of carbonyl (C=O) groups excluding carboxylic acids is 1. The number of hydrogen-bond donors (Lipinski definition) is 1. The van der Waals surface area contributed by atoms with Crippen LogP contribution in [0.15, 0.2) is 23.1 Å². The highest BCUT2D eigenvalue weighted by Gasteiger charge is 2.42. The Hall–Kier alpha value is -1.60. The van der Waals surface area contributed by atoms with E-state index < -0.39 is 10.0 Å². The predicted octanol–water partition coefficient (Wildman–Crippen LogP) is 3.48. The number of rotatable bonds is 6. The van der Waals surface area contributed by atoms with Gasteiger partial charge in [0.15, 0.2) is 0 Å². The molecule has 0 radical (unpaired) electrons. The summed E-state index contributed by atoms with van der Waals surface area (Å²) in [6, 6.07) is 5.13. The maximum absolute atomic E-state index is 13.4. The van der Waals surface area contributed by atoms with Crippen molar-refractivity contribution in [2.24, 2.45) is 17.8 Å². The number of sulfonamides is 1. The van der Waals surface area contributed by atoms with Crippen molar-refractivity contribution in [3.05, 3.63) is 23.8 Å². The number of carbonyl (C=O) groups is 1. The van der Waals surface area contributed by atoms with Crippen LogP contribution in [-0.4, -0.2) is 51.9 Å². The van der Waals surface area contributed by atoms with Crippen molar-refractivity contribution in [1.82, 2.24) is 9.62 Å². The van der Waals surface area contributed by atoms with Gasteiger partial charge >= 0.3 is 0 Å². The standard InChI is InChI=1S/C23H35N3O3S/c1-16(20-14-17-7-8-18(20)13-17)24-23(27)21-15-19(30(28,29)25(2)3)9-10-22(21)26-11-5-4-6-12-26/h9-10,15-18,20H,4-8,11-14H2,1-3H3,(H,24,27). The van der Waals surface area contributed by atoms with Gasteiger partial charge in [-0.05, 0) is 81.4 Å². The summed E-state index contributed by atoms with van der Waals surface area (Å²) in [5, 5.41) is 3.24. The van der Waals surface area contributed by atoms with Gasteiger partial charge in [-0.2, -0.15) is 0 Å². The molecule has 4 atom stereocenters. The zero-order valence-electron chi connectivity index (χ0n) is 18.4. The van der Waals surface area contributed by atoms with Gasteiger partial charge < -0.3 is 10.2 Å². The van der Waals surface area contributed by atoms with E-state index in [9.17, 15) is 13.2 Å². The molecule has 2 bridgehead atoms. The topological polar surface area (TPSA) is 69.7 Å². The molecule has 1 heterocycles. The maximum atomic E-state index is 13.4. The molecule has 6 nitrogen and oxygen atoms in total. The number of amides is 1. The molecule has 1 aromatic carbocycles. The molecule has 1 aromatic rings. The molecular formula is C23H35N3O3S. The molecule has 4 rings (SSSR count). The van der Waals surface area contributed by atoms with Gasteiger partial charge in [-0.1, -0.05) is 6.42 Å². The smallest absolute Gasteiger partial charge is 0.253 e. The summed E-state index contributed by atoms with van der Waals surface area (Å²) in [5.41, 5.74) is 1.33. The minimum atomic E-state index is -3.60. The fourth-order valence-electron chi connectivity index (χ4n) is 5.78. The molecule has 0 aromatic heterocycles. The Kier molecular flexibility index (Phi) is 6.13. The Morgan fingerprint density at radius 3 is 2.47 bits per heavy atom. The Labute approximate surface area is 181 Å². The van der Waals surface area contributed by atoms with Crippen LogP contribution >= 0.6 is 0 Å². The highest BCUT2D eigenvalue weighted by Crippen LogP contribution is 2.49. The molecule has 166 valence electrons. The molecule has 2 aliphatic carbocycles. The molecule has 4 unspecified atom stereocenters. The van der Waals surface area contributed by atoms with E-state index in [1.165, 1.54) is 50.5 Å². The van der Waals surface area contributed by atoms with Crippen molar-refractivity contribution in [3.63, 3.8) is 0 Å². The van der Waals surface area contributed by atoms with E-state index in [1.54, 1.807) is 12.1 Å². The summed E-state index contributed by atoms with van der Waals surface area (Å²) in [5.74, 6) is 1.95. The molecule has 1 amide bonds. The normalized spacial score (nSPS) is 27.5. The lowest BCUT2D eigenvalue weighted by Crippen LogP contribution is -2.41. The first kappa shape index (κ1) is 21.6. The lowest BCUT2D eigenvalue weighted by Gasteiger charge is -2.32. The fraction of sp³-hybridized carbons (Fsp3) is 0.696. The van der Waals surface area contributed by atoms with Crippen LogP contribution < -0.4 is 10.2 Å². The maximum Gasteiger partial charge on any atom is 0.253 e. The SMILES string of the molecule is CC(NC(=O)c1cc(S(=O)(=O)N(C)C)ccc1N1CCCCC1)C1CC2CCC1C2. The number of nitrogens with zero attached hydrogens (tertiary/aromatic N) is 2. The van der Waals surface area contributed by atoms with E-state index >= 15 is 0 Å². The van der Waals surface area contributed by atoms with Gasteiger partial charge in [-0.25, -0.2) is 12.7 Å². The first-order valence-corrected chi connectivity index (χ1v) is 12.8. The summed E-state index contributed by atoms with van der Waals surface area (Å²) in [7, 11) is -0.559. The molecule has 2 saturated carbocycles. The Morgan fingerprint density at radius 1 is 1.13 bits per heavy atom. The van der Waals surface area contributed by atoms with Gasteiger partial charge in [-0.15, -0.1) is 0 Å². The number of benzene rings is 1. The molecule has 3 aliphatic rings. The summed E-state index contributed by atoms with van der Waals surface area (Å²) in [6.45, 7) is 3.92. The third kappa shape index (κ3) is 4.11. The second kappa shape index (κ2) is 8.50. The molecule has 0 spiro atoms. The summed E-state index contributed by atoms with van der Waals surface area (Å²) >= 11 is 0. The minimum Gasteiger partial charge on any atom is -0.371 e. The van der Waals surface area contributed by atoms with E-state index in [4.69, 9.17) is 0 Å². The van der Waals surface area contributed by atoms with Crippen molar-refractivity contribution in [2.45, 2.75) is 62.8 Å². The Morgan fingerprint density at radius 2 is 1.87 bits per heavy atom. The summed E-state index contributed by atoms with van der Waals surface area (Å²) in [6.07, 6.45) is 8.53. The lowest BCUT2D eigenvalue weighted by molar-refractivity contribution is 0.0915. The van der Waals surface area contributed by atoms with Gasteiger partial charge in [0.1, 0.15) is 0 Å².